The van der Waals surface area contributed by atoms with Gasteiger partial charge >= 0.3 is 5.97 Å². The molecule has 1 aromatic rings. The van der Waals surface area contributed by atoms with Crippen LogP contribution in [0.15, 0.2) is 6.07 Å². The van der Waals surface area contributed by atoms with Crippen LogP contribution in [0.3, 0.4) is 0 Å². The number of benzene rings is 1. The molecule has 0 bridgehead atoms. The third-order valence-electron chi connectivity index (χ3n) is 4.23. The van der Waals surface area contributed by atoms with Gasteiger partial charge in [-0.05, 0) is 24.5 Å². The third-order valence-corrected chi connectivity index (χ3v) is 4.66. The average Bonchev–Trinajstić information content (AvgIpc) is 2.79. The Hall–Kier alpha value is -1.42. The predicted molar refractivity (Wildman–Crippen MR) is 70.4 cm³/mol. The molecule has 0 unspecified atom stereocenters. The molecule has 5 heteroatoms. The molecule has 0 atom stereocenters. The molecule has 0 spiro atoms. The molecule has 1 fully saturated rings. The molecule has 4 nitrogen and oxygen atoms in total. The van der Waals surface area contributed by atoms with E-state index in [1.807, 2.05) is 0 Å². The van der Waals surface area contributed by atoms with Crippen molar-refractivity contribution in [3.8, 4) is 11.5 Å². The third kappa shape index (κ3) is 1.62. The second-order valence-electron chi connectivity index (χ2n) is 5.09. The van der Waals surface area contributed by atoms with Crippen LogP contribution in [-0.2, 0) is 16.6 Å². The summed E-state index contributed by atoms with van der Waals surface area (Å²) in [6.45, 7) is 0.564. The molecule has 0 aromatic heterocycles. The Morgan fingerprint density at radius 3 is 2.79 bits per heavy atom. The van der Waals surface area contributed by atoms with Crippen molar-refractivity contribution in [3.63, 3.8) is 0 Å². The first-order chi connectivity index (χ1) is 9.10. The summed E-state index contributed by atoms with van der Waals surface area (Å²) >= 11 is 6.43. The first-order valence-corrected chi connectivity index (χ1v) is 6.74. The van der Waals surface area contributed by atoms with E-state index in [0.717, 1.165) is 12.0 Å². The summed E-state index contributed by atoms with van der Waals surface area (Å²) in [6.07, 6.45) is 2.88. The van der Waals surface area contributed by atoms with Crippen LogP contribution in [0.5, 0.6) is 11.5 Å². The van der Waals surface area contributed by atoms with E-state index in [4.69, 9.17) is 21.1 Å². The van der Waals surface area contributed by atoms with E-state index in [9.17, 15) is 9.90 Å². The molecule has 2 aliphatic rings. The van der Waals surface area contributed by atoms with E-state index >= 15 is 0 Å². The van der Waals surface area contributed by atoms with E-state index in [-0.39, 0.29) is 0 Å². The molecule has 19 heavy (non-hydrogen) atoms. The van der Waals surface area contributed by atoms with Gasteiger partial charge in [0.2, 0.25) is 0 Å². The lowest BCUT2D eigenvalue weighted by Gasteiger charge is -2.39. The molecule has 0 radical (unpaired) electrons. The summed E-state index contributed by atoms with van der Waals surface area (Å²) in [4.78, 5) is 11.6. The van der Waals surface area contributed by atoms with E-state index in [1.54, 1.807) is 13.2 Å². The summed E-state index contributed by atoms with van der Waals surface area (Å²) in [5.74, 6) is 0.442. The molecule has 1 heterocycles. The van der Waals surface area contributed by atoms with E-state index in [0.29, 0.717) is 48.0 Å². The second kappa shape index (κ2) is 4.30. The number of carboxylic acids is 1. The summed E-state index contributed by atoms with van der Waals surface area (Å²) in [6, 6.07) is 1.74. The molecule has 3 rings (SSSR count). The van der Waals surface area contributed by atoms with Gasteiger partial charge in [0.15, 0.2) is 11.5 Å². The number of carbonyl (C=O) groups is 1. The van der Waals surface area contributed by atoms with Crippen molar-refractivity contribution in [3.05, 3.63) is 22.2 Å². The number of methoxy groups -OCH3 is 1. The van der Waals surface area contributed by atoms with Gasteiger partial charge in [-0.15, -0.1) is 0 Å². The maximum absolute atomic E-state index is 11.6. The number of hydrogen-bond acceptors (Lipinski definition) is 3. The molecule has 1 aliphatic carbocycles. The average molecular weight is 283 g/mol. The van der Waals surface area contributed by atoms with Crippen molar-refractivity contribution in [2.75, 3.05) is 13.7 Å². The smallest absolute Gasteiger partial charge is 0.314 e. The van der Waals surface area contributed by atoms with Crippen LogP contribution in [0, 0.1) is 0 Å². The van der Waals surface area contributed by atoms with Crippen LogP contribution >= 0.6 is 11.6 Å². The number of fused-ring (bicyclic) bond motifs is 1. The molecule has 0 amide bonds. The largest absolute Gasteiger partial charge is 0.493 e. The lowest BCUT2D eigenvalue weighted by atomic mass is 9.64. The van der Waals surface area contributed by atoms with Crippen LogP contribution in [0.2, 0.25) is 5.02 Å². The van der Waals surface area contributed by atoms with Crippen molar-refractivity contribution in [1.29, 1.82) is 0 Å². The molecule has 1 aliphatic heterocycles. The normalized spacial score (nSPS) is 19.3. The summed E-state index contributed by atoms with van der Waals surface area (Å²) in [5.41, 5.74) is 0.708. The fourth-order valence-corrected chi connectivity index (χ4v) is 3.35. The minimum absolute atomic E-state index is 0.537. The molecule has 102 valence electrons. The van der Waals surface area contributed by atoms with Gasteiger partial charge in [-0.25, -0.2) is 0 Å². The molecule has 1 aromatic carbocycles. The van der Waals surface area contributed by atoms with Gasteiger partial charge in [-0.1, -0.05) is 18.0 Å². The second-order valence-corrected chi connectivity index (χ2v) is 5.47. The van der Waals surface area contributed by atoms with Crippen molar-refractivity contribution in [1.82, 2.24) is 0 Å². The Labute approximate surface area is 116 Å². The minimum atomic E-state index is -0.845. The molecule has 1 saturated carbocycles. The van der Waals surface area contributed by atoms with E-state index in [1.165, 1.54) is 0 Å². The van der Waals surface area contributed by atoms with Crippen molar-refractivity contribution >= 4 is 17.6 Å². The Morgan fingerprint density at radius 1 is 1.53 bits per heavy atom. The number of hydrogen-bond donors (Lipinski definition) is 1. The summed E-state index contributed by atoms with van der Waals surface area (Å²) < 4.78 is 10.8. The van der Waals surface area contributed by atoms with Crippen LogP contribution in [-0.4, -0.2) is 24.8 Å². The van der Waals surface area contributed by atoms with Gasteiger partial charge in [-0.3, -0.25) is 4.79 Å². The highest BCUT2D eigenvalue weighted by atomic mass is 35.5. The monoisotopic (exact) mass is 282 g/mol. The highest BCUT2D eigenvalue weighted by molar-refractivity contribution is 6.33. The number of carboxylic acid groups (broad SMARTS) is 1. The predicted octanol–water partition coefficient (Wildman–Crippen LogP) is 2.79. The number of aliphatic carboxylic acids is 1. The maximum Gasteiger partial charge on any atom is 0.314 e. The van der Waals surface area contributed by atoms with Crippen LogP contribution in [0.4, 0.5) is 0 Å². The SMILES string of the molecule is COc1cc(C2(C(=O)O)CCC2)c(Cl)c2c1OCC2. The molecular weight excluding hydrogens is 268 g/mol. The highest BCUT2D eigenvalue weighted by Gasteiger charge is 2.48. The van der Waals surface area contributed by atoms with Crippen LogP contribution in [0.1, 0.15) is 30.4 Å². The van der Waals surface area contributed by atoms with Gasteiger partial charge in [0.05, 0.1) is 24.2 Å². The fourth-order valence-electron chi connectivity index (χ4n) is 2.94. The first-order valence-electron chi connectivity index (χ1n) is 6.36. The van der Waals surface area contributed by atoms with Gasteiger partial charge in [0.1, 0.15) is 0 Å². The zero-order valence-corrected chi connectivity index (χ0v) is 11.4. The Kier molecular flexibility index (Phi) is 2.86. The van der Waals surface area contributed by atoms with Gasteiger partial charge < -0.3 is 14.6 Å². The van der Waals surface area contributed by atoms with Gasteiger partial charge in [0, 0.05) is 12.0 Å². The Morgan fingerprint density at radius 2 is 2.26 bits per heavy atom. The van der Waals surface area contributed by atoms with E-state index < -0.39 is 11.4 Å². The quantitative estimate of drug-likeness (QED) is 0.926. The van der Waals surface area contributed by atoms with Crippen molar-refractivity contribution < 1.29 is 19.4 Å². The zero-order chi connectivity index (χ0) is 13.6. The molecule has 1 N–H and O–H groups in total. The molecular formula is C14H15ClO4. The summed E-state index contributed by atoms with van der Waals surface area (Å²) in [7, 11) is 1.56. The Bertz CT molecular complexity index is 549. The van der Waals surface area contributed by atoms with Crippen molar-refractivity contribution in [2.24, 2.45) is 0 Å². The van der Waals surface area contributed by atoms with Gasteiger partial charge in [-0.2, -0.15) is 0 Å². The van der Waals surface area contributed by atoms with Gasteiger partial charge in [0.25, 0.3) is 0 Å². The van der Waals surface area contributed by atoms with E-state index in [2.05, 4.69) is 0 Å². The lowest BCUT2D eigenvalue weighted by molar-refractivity contribution is -0.147. The molecule has 0 saturated heterocycles. The Balaban J connectivity index is 2.20. The highest BCUT2D eigenvalue weighted by Crippen LogP contribution is 2.51. The zero-order valence-electron chi connectivity index (χ0n) is 10.7. The maximum atomic E-state index is 11.6. The standard InChI is InChI=1S/C14H15ClO4/c1-18-10-7-9(14(13(16)17)4-2-5-14)11(15)8-3-6-19-12(8)10/h7H,2-6H2,1H3,(H,16,17). The van der Waals surface area contributed by atoms with Crippen LogP contribution < -0.4 is 9.47 Å². The number of ether oxygens (including phenoxy) is 2. The fraction of sp³-hybridized carbons (Fsp3) is 0.500. The first kappa shape index (κ1) is 12.6. The lowest BCUT2D eigenvalue weighted by Crippen LogP contribution is -2.42. The number of rotatable bonds is 3. The summed E-state index contributed by atoms with van der Waals surface area (Å²) in [5, 5.41) is 10.1. The number of halogens is 1. The topological polar surface area (TPSA) is 55.8 Å². The van der Waals surface area contributed by atoms with Crippen LogP contribution in [0.25, 0.3) is 0 Å². The van der Waals surface area contributed by atoms with Crippen molar-refractivity contribution in [2.45, 2.75) is 31.1 Å². The minimum Gasteiger partial charge on any atom is -0.493 e.